The highest BCUT2D eigenvalue weighted by Crippen LogP contribution is 2.35. The van der Waals surface area contributed by atoms with E-state index in [9.17, 15) is 33.6 Å². The number of ketones is 1. The molecule has 0 aromatic heterocycles. The molecule has 0 spiro atoms. The van der Waals surface area contributed by atoms with Gasteiger partial charge >= 0.3 is 5.72 Å². The highest BCUT2D eigenvalue weighted by molar-refractivity contribution is 7.85. The average Bonchev–Trinajstić information content (AvgIpc) is 2.64. The first-order valence-electron chi connectivity index (χ1n) is 7.54. The standard InChI is InChI=1S/C16H11N3O8S/c20-15-8-1-10-9-13(28(25,26)27)6-7-14(10)16(15,21)17-18(22)11-2-4-12(5-3-11)19(23)24/h1-9,21H,(H,25,26,27)/b18-17-. The number of non-ortho nitro benzene ring substituents is 1. The molecule has 0 heterocycles. The number of carbonyl (C=O) groups excluding carboxylic acids is 1. The highest BCUT2D eigenvalue weighted by atomic mass is 32.2. The van der Waals surface area contributed by atoms with Gasteiger partial charge in [-0.3, -0.25) is 19.5 Å². The summed E-state index contributed by atoms with van der Waals surface area (Å²) in [6, 6.07) is 7.28. The molecule has 3 rings (SSSR count). The molecule has 0 amide bonds. The fraction of sp³-hybridized carbons (Fsp3) is 0.0625. The highest BCUT2D eigenvalue weighted by Gasteiger charge is 2.44. The van der Waals surface area contributed by atoms with Gasteiger partial charge in [-0.15, -0.1) is 0 Å². The summed E-state index contributed by atoms with van der Waals surface area (Å²) >= 11 is 0. The van der Waals surface area contributed by atoms with Crippen LogP contribution in [0.4, 0.5) is 11.4 Å². The molecule has 1 atom stereocenters. The summed E-state index contributed by atoms with van der Waals surface area (Å²) in [5, 5.41) is 37.2. The summed E-state index contributed by atoms with van der Waals surface area (Å²) in [6.45, 7) is 0. The van der Waals surface area contributed by atoms with Crippen molar-refractivity contribution in [3.05, 3.63) is 75.0 Å². The molecule has 1 aliphatic rings. The van der Waals surface area contributed by atoms with Gasteiger partial charge in [0.1, 0.15) is 0 Å². The quantitative estimate of drug-likeness (QED) is 0.255. The third-order valence-corrected chi connectivity index (χ3v) is 4.82. The van der Waals surface area contributed by atoms with Crippen LogP contribution in [0, 0.1) is 15.3 Å². The third kappa shape index (κ3) is 3.38. The molecule has 0 fully saturated rings. The van der Waals surface area contributed by atoms with Gasteiger partial charge in [0.25, 0.3) is 15.8 Å². The summed E-state index contributed by atoms with van der Waals surface area (Å²) in [5.41, 5.74) is -3.22. The van der Waals surface area contributed by atoms with E-state index in [-0.39, 0.29) is 27.4 Å². The molecule has 144 valence electrons. The zero-order chi connectivity index (χ0) is 20.7. The minimum absolute atomic E-state index is 0.0538. The maximum atomic E-state index is 12.3. The van der Waals surface area contributed by atoms with Gasteiger partial charge in [-0.2, -0.15) is 8.42 Å². The molecule has 0 bridgehead atoms. The van der Waals surface area contributed by atoms with Gasteiger partial charge in [-0.25, -0.2) is 0 Å². The minimum atomic E-state index is -4.52. The van der Waals surface area contributed by atoms with Crippen molar-refractivity contribution in [2.24, 2.45) is 5.11 Å². The number of benzene rings is 2. The summed E-state index contributed by atoms with van der Waals surface area (Å²) in [7, 11) is -4.52. The van der Waals surface area contributed by atoms with Gasteiger partial charge in [0.05, 0.1) is 9.82 Å². The number of rotatable bonds is 4. The normalized spacial score (nSPS) is 19.4. The van der Waals surface area contributed by atoms with E-state index in [0.29, 0.717) is 0 Å². The van der Waals surface area contributed by atoms with Gasteiger partial charge in [0.15, 0.2) is 0 Å². The Hall–Kier alpha value is -3.48. The van der Waals surface area contributed by atoms with Crippen LogP contribution in [0.1, 0.15) is 11.1 Å². The zero-order valence-electron chi connectivity index (χ0n) is 13.8. The summed E-state index contributed by atoms with van der Waals surface area (Å²) in [4.78, 5) is 21.7. The number of azo groups is 1. The monoisotopic (exact) mass is 405 g/mol. The van der Waals surface area contributed by atoms with Crippen molar-refractivity contribution < 1.29 is 32.7 Å². The predicted octanol–water partition coefficient (Wildman–Crippen LogP) is 1.88. The van der Waals surface area contributed by atoms with Crippen LogP contribution in [0.15, 0.2) is 58.6 Å². The van der Waals surface area contributed by atoms with E-state index >= 15 is 0 Å². The van der Waals surface area contributed by atoms with E-state index < -0.39 is 31.4 Å². The number of fused-ring (bicyclic) bond motifs is 1. The van der Waals surface area contributed by atoms with Crippen molar-refractivity contribution in [2.75, 3.05) is 0 Å². The van der Waals surface area contributed by atoms with Gasteiger partial charge in [0.2, 0.25) is 11.5 Å². The second-order valence-corrected chi connectivity index (χ2v) is 7.16. The van der Waals surface area contributed by atoms with Crippen molar-refractivity contribution in [3.8, 4) is 0 Å². The smallest absolute Gasteiger partial charge is 0.310 e. The Bertz CT molecular complexity index is 1150. The molecule has 2 N–H and O–H groups in total. The summed E-state index contributed by atoms with van der Waals surface area (Å²) < 4.78 is 31.6. The molecule has 2 aromatic carbocycles. The van der Waals surface area contributed by atoms with Crippen LogP contribution in [0.5, 0.6) is 0 Å². The number of hydrogen-bond donors (Lipinski definition) is 2. The van der Waals surface area contributed by atoms with Gasteiger partial charge < -0.3 is 10.3 Å². The Balaban J connectivity index is 2.08. The molecule has 1 aliphatic carbocycles. The molecule has 12 heteroatoms. The predicted molar refractivity (Wildman–Crippen MR) is 93.0 cm³/mol. The number of carbonyl (C=O) groups is 1. The maximum Gasteiger partial charge on any atom is 0.310 e. The van der Waals surface area contributed by atoms with E-state index in [4.69, 9.17) is 4.55 Å². The maximum absolute atomic E-state index is 12.3. The first kappa shape index (κ1) is 19.3. The van der Waals surface area contributed by atoms with Crippen LogP contribution >= 0.6 is 0 Å². The van der Waals surface area contributed by atoms with Crippen molar-refractivity contribution >= 4 is 33.4 Å². The lowest BCUT2D eigenvalue weighted by Gasteiger charge is -2.23. The lowest BCUT2D eigenvalue weighted by molar-refractivity contribution is -0.458. The van der Waals surface area contributed by atoms with Crippen molar-refractivity contribution in [1.82, 2.24) is 0 Å². The minimum Gasteiger partial charge on any atom is -0.594 e. The van der Waals surface area contributed by atoms with E-state index in [1.165, 1.54) is 6.08 Å². The number of hydrogen-bond acceptors (Lipinski definition) is 8. The van der Waals surface area contributed by atoms with Crippen LogP contribution in [-0.4, -0.2) is 33.6 Å². The molecular weight excluding hydrogens is 394 g/mol. The van der Waals surface area contributed by atoms with E-state index in [1.54, 1.807) is 0 Å². The molecule has 1 unspecified atom stereocenters. The molecule has 11 nitrogen and oxygen atoms in total. The van der Waals surface area contributed by atoms with Crippen LogP contribution in [-0.2, 0) is 20.6 Å². The molecule has 0 saturated heterocycles. The first-order chi connectivity index (χ1) is 13.0. The molecule has 2 aromatic rings. The third-order valence-electron chi connectivity index (χ3n) is 3.97. The summed E-state index contributed by atoms with van der Waals surface area (Å²) in [6.07, 6.45) is 2.11. The molecule has 0 aliphatic heterocycles. The SMILES string of the molecule is O=C1C=Cc2cc(S(=O)(=O)O)ccc2C1(O)/N=[N+](\[O-])c1ccc([N+](=O)[O-])cc1. The molecule has 28 heavy (non-hydrogen) atoms. The van der Waals surface area contributed by atoms with E-state index in [0.717, 1.165) is 48.5 Å². The molecular formula is C16H11N3O8S. The average molecular weight is 405 g/mol. The van der Waals surface area contributed by atoms with Crippen molar-refractivity contribution in [3.63, 3.8) is 0 Å². The Morgan fingerprint density at radius 3 is 2.18 bits per heavy atom. The lowest BCUT2D eigenvalue weighted by atomic mass is 9.89. The Morgan fingerprint density at radius 2 is 1.61 bits per heavy atom. The number of nitrogens with zero attached hydrogens (tertiary/aromatic N) is 3. The van der Waals surface area contributed by atoms with Gasteiger partial charge in [-0.1, -0.05) is 17.0 Å². The largest absolute Gasteiger partial charge is 0.594 e. The Kier molecular flexibility index (Phi) is 4.54. The first-order valence-corrected chi connectivity index (χ1v) is 8.98. The van der Waals surface area contributed by atoms with Crippen LogP contribution in [0.2, 0.25) is 0 Å². The van der Waals surface area contributed by atoms with Gasteiger partial charge in [0, 0.05) is 34.9 Å². The Labute approximate surface area is 157 Å². The van der Waals surface area contributed by atoms with Crippen LogP contribution < -0.4 is 0 Å². The van der Waals surface area contributed by atoms with Crippen molar-refractivity contribution in [2.45, 2.75) is 10.6 Å². The molecule has 0 radical (unpaired) electrons. The second kappa shape index (κ2) is 6.60. The number of aliphatic hydroxyl groups is 1. The lowest BCUT2D eigenvalue weighted by Crippen LogP contribution is -2.36. The fourth-order valence-corrected chi connectivity index (χ4v) is 3.08. The van der Waals surface area contributed by atoms with Gasteiger partial charge in [-0.05, 0) is 23.8 Å². The zero-order valence-corrected chi connectivity index (χ0v) is 14.6. The molecule has 0 saturated carbocycles. The Morgan fingerprint density at radius 1 is 1.00 bits per heavy atom. The van der Waals surface area contributed by atoms with E-state index in [2.05, 4.69) is 5.11 Å². The van der Waals surface area contributed by atoms with Crippen molar-refractivity contribution in [1.29, 1.82) is 0 Å². The van der Waals surface area contributed by atoms with Crippen LogP contribution in [0.3, 0.4) is 0 Å². The summed E-state index contributed by atoms with van der Waals surface area (Å²) in [5.74, 6) is -0.956. The second-order valence-electron chi connectivity index (χ2n) is 5.74. The fourth-order valence-electron chi connectivity index (χ4n) is 2.57. The van der Waals surface area contributed by atoms with Crippen LogP contribution in [0.25, 0.3) is 6.08 Å². The van der Waals surface area contributed by atoms with E-state index in [1.807, 2.05) is 0 Å². The number of nitro groups is 1. The number of nitro benzene ring substituents is 1. The topological polar surface area (TPSA) is 173 Å².